The molecule has 2 rings (SSSR count). The van der Waals surface area contributed by atoms with Crippen LogP contribution >= 0.6 is 11.6 Å². The molecule has 0 aromatic heterocycles. The van der Waals surface area contributed by atoms with E-state index in [9.17, 15) is 4.79 Å². The predicted molar refractivity (Wildman–Crippen MR) is 81.3 cm³/mol. The fourth-order valence-electron chi connectivity index (χ4n) is 1.67. The Kier molecular flexibility index (Phi) is 4.81. The SMILES string of the molecule is CC(Oc1cccc(C#N)c1)C(=O)Nc1ccc(Cl)cc1. The lowest BCUT2D eigenvalue weighted by molar-refractivity contribution is -0.122. The zero-order chi connectivity index (χ0) is 15.2. The minimum Gasteiger partial charge on any atom is -0.481 e. The van der Waals surface area contributed by atoms with Gasteiger partial charge in [-0.1, -0.05) is 17.7 Å². The van der Waals surface area contributed by atoms with Crippen LogP contribution in [0.1, 0.15) is 12.5 Å². The molecule has 0 aliphatic rings. The van der Waals surface area contributed by atoms with Crippen LogP contribution in [0.5, 0.6) is 5.75 Å². The average molecular weight is 301 g/mol. The van der Waals surface area contributed by atoms with E-state index in [2.05, 4.69) is 5.32 Å². The van der Waals surface area contributed by atoms with Crippen LogP contribution in [0.2, 0.25) is 5.02 Å². The summed E-state index contributed by atoms with van der Waals surface area (Å²) >= 11 is 5.78. The molecule has 0 fully saturated rings. The molecule has 4 nitrogen and oxygen atoms in total. The Hall–Kier alpha value is -2.51. The number of carbonyl (C=O) groups is 1. The van der Waals surface area contributed by atoms with Gasteiger partial charge in [0.15, 0.2) is 6.10 Å². The molecule has 2 aromatic carbocycles. The number of benzene rings is 2. The van der Waals surface area contributed by atoms with Crippen molar-refractivity contribution >= 4 is 23.2 Å². The first-order valence-corrected chi connectivity index (χ1v) is 6.69. The molecule has 0 saturated carbocycles. The van der Waals surface area contributed by atoms with Crippen LogP contribution in [0.4, 0.5) is 5.69 Å². The molecule has 0 aliphatic carbocycles. The zero-order valence-electron chi connectivity index (χ0n) is 11.3. The van der Waals surface area contributed by atoms with Gasteiger partial charge in [0.1, 0.15) is 5.75 Å². The highest BCUT2D eigenvalue weighted by atomic mass is 35.5. The van der Waals surface area contributed by atoms with Gasteiger partial charge in [-0.25, -0.2) is 0 Å². The number of nitrogens with one attached hydrogen (secondary N) is 1. The largest absolute Gasteiger partial charge is 0.481 e. The number of hydrogen-bond acceptors (Lipinski definition) is 3. The van der Waals surface area contributed by atoms with Crippen molar-refractivity contribution in [1.82, 2.24) is 0 Å². The quantitative estimate of drug-likeness (QED) is 0.938. The van der Waals surface area contributed by atoms with Crippen LogP contribution in [-0.2, 0) is 4.79 Å². The lowest BCUT2D eigenvalue weighted by Gasteiger charge is -2.14. The summed E-state index contributed by atoms with van der Waals surface area (Å²) in [5.41, 5.74) is 1.13. The maximum Gasteiger partial charge on any atom is 0.265 e. The Morgan fingerprint density at radius 3 is 2.67 bits per heavy atom. The number of carbonyl (C=O) groups excluding carboxylic acids is 1. The predicted octanol–water partition coefficient (Wildman–Crippen LogP) is 3.62. The van der Waals surface area contributed by atoms with Crippen LogP contribution < -0.4 is 10.1 Å². The molecule has 2 aromatic rings. The van der Waals surface area contributed by atoms with E-state index in [1.165, 1.54) is 0 Å². The number of nitriles is 1. The van der Waals surface area contributed by atoms with Crippen molar-refractivity contribution in [3.8, 4) is 11.8 Å². The summed E-state index contributed by atoms with van der Waals surface area (Å²) in [6.45, 7) is 1.64. The molecule has 1 unspecified atom stereocenters. The maximum atomic E-state index is 12.0. The van der Waals surface area contributed by atoms with Crippen molar-refractivity contribution in [2.24, 2.45) is 0 Å². The molecule has 0 aliphatic heterocycles. The molecule has 0 spiro atoms. The summed E-state index contributed by atoms with van der Waals surface area (Å²) in [5, 5.41) is 12.2. The molecule has 1 atom stereocenters. The van der Waals surface area contributed by atoms with E-state index in [0.29, 0.717) is 22.0 Å². The van der Waals surface area contributed by atoms with Crippen molar-refractivity contribution in [3.05, 3.63) is 59.1 Å². The summed E-state index contributed by atoms with van der Waals surface area (Å²) in [4.78, 5) is 12.0. The van der Waals surface area contributed by atoms with E-state index >= 15 is 0 Å². The topological polar surface area (TPSA) is 62.1 Å². The van der Waals surface area contributed by atoms with Gasteiger partial charge in [0.05, 0.1) is 11.6 Å². The van der Waals surface area contributed by atoms with E-state index in [-0.39, 0.29) is 5.91 Å². The van der Waals surface area contributed by atoms with Crippen molar-refractivity contribution < 1.29 is 9.53 Å². The fraction of sp³-hybridized carbons (Fsp3) is 0.125. The van der Waals surface area contributed by atoms with Gasteiger partial charge in [0, 0.05) is 10.7 Å². The summed E-state index contributed by atoms with van der Waals surface area (Å²) in [6.07, 6.45) is -0.686. The highest BCUT2D eigenvalue weighted by molar-refractivity contribution is 6.30. The highest BCUT2D eigenvalue weighted by Gasteiger charge is 2.15. The van der Waals surface area contributed by atoms with E-state index in [1.807, 2.05) is 6.07 Å². The van der Waals surface area contributed by atoms with E-state index in [0.717, 1.165) is 0 Å². The third-order valence-corrected chi connectivity index (χ3v) is 3.01. The van der Waals surface area contributed by atoms with Crippen LogP contribution in [0.25, 0.3) is 0 Å². The molecule has 0 saturated heterocycles. The Balaban J connectivity index is 1.99. The van der Waals surface area contributed by atoms with Gasteiger partial charge in [0.25, 0.3) is 5.91 Å². The normalized spacial score (nSPS) is 11.3. The monoisotopic (exact) mass is 300 g/mol. The van der Waals surface area contributed by atoms with Gasteiger partial charge in [-0.15, -0.1) is 0 Å². The summed E-state index contributed by atoms with van der Waals surface area (Å²) < 4.78 is 5.53. The first-order valence-electron chi connectivity index (χ1n) is 6.32. The smallest absolute Gasteiger partial charge is 0.265 e. The summed E-state index contributed by atoms with van der Waals surface area (Å²) in [7, 11) is 0. The Morgan fingerprint density at radius 2 is 2.00 bits per heavy atom. The van der Waals surface area contributed by atoms with E-state index in [4.69, 9.17) is 21.6 Å². The maximum absolute atomic E-state index is 12.0. The third-order valence-electron chi connectivity index (χ3n) is 2.76. The lowest BCUT2D eigenvalue weighted by Crippen LogP contribution is -2.30. The van der Waals surface area contributed by atoms with Gasteiger partial charge in [-0.05, 0) is 49.4 Å². The zero-order valence-corrected chi connectivity index (χ0v) is 12.1. The molecular weight excluding hydrogens is 288 g/mol. The molecule has 0 bridgehead atoms. The molecule has 0 radical (unpaired) electrons. The summed E-state index contributed by atoms with van der Waals surface area (Å²) in [6, 6.07) is 15.5. The Labute approximate surface area is 127 Å². The van der Waals surface area contributed by atoms with Crippen LogP contribution in [0.3, 0.4) is 0 Å². The number of amides is 1. The van der Waals surface area contributed by atoms with Crippen molar-refractivity contribution in [2.75, 3.05) is 5.32 Å². The molecule has 106 valence electrons. The second-order valence-electron chi connectivity index (χ2n) is 4.40. The second-order valence-corrected chi connectivity index (χ2v) is 4.83. The number of nitrogens with zero attached hydrogens (tertiary/aromatic N) is 1. The first-order chi connectivity index (χ1) is 10.1. The average Bonchev–Trinajstić information content (AvgIpc) is 2.49. The summed E-state index contributed by atoms with van der Waals surface area (Å²) in [5.74, 6) is 0.201. The van der Waals surface area contributed by atoms with Gasteiger partial charge in [0.2, 0.25) is 0 Å². The van der Waals surface area contributed by atoms with Crippen LogP contribution in [0.15, 0.2) is 48.5 Å². The van der Waals surface area contributed by atoms with Crippen LogP contribution in [0, 0.1) is 11.3 Å². The van der Waals surface area contributed by atoms with Crippen LogP contribution in [-0.4, -0.2) is 12.0 Å². The van der Waals surface area contributed by atoms with Gasteiger partial charge >= 0.3 is 0 Å². The molecule has 21 heavy (non-hydrogen) atoms. The molecule has 1 N–H and O–H groups in total. The Bertz CT molecular complexity index is 677. The molecule has 5 heteroatoms. The lowest BCUT2D eigenvalue weighted by atomic mass is 10.2. The Morgan fingerprint density at radius 1 is 1.29 bits per heavy atom. The van der Waals surface area contributed by atoms with Crippen molar-refractivity contribution in [1.29, 1.82) is 5.26 Å². The number of anilines is 1. The number of halogens is 1. The van der Waals surface area contributed by atoms with E-state index < -0.39 is 6.10 Å². The third kappa shape index (κ3) is 4.23. The van der Waals surface area contributed by atoms with E-state index in [1.54, 1.807) is 55.5 Å². The number of hydrogen-bond donors (Lipinski definition) is 1. The number of rotatable bonds is 4. The van der Waals surface area contributed by atoms with Gasteiger partial charge in [-0.2, -0.15) is 5.26 Å². The van der Waals surface area contributed by atoms with Gasteiger partial charge < -0.3 is 10.1 Å². The fourth-order valence-corrected chi connectivity index (χ4v) is 1.80. The second kappa shape index (κ2) is 6.78. The van der Waals surface area contributed by atoms with Crippen molar-refractivity contribution in [2.45, 2.75) is 13.0 Å². The molecule has 0 heterocycles. The highest BCUT2D eigenvalue weighted by Crippen LogP contribution is 2.16. The minimum atomic E-state index is -0.686. The first kappa shape index (κ1) is 14.9. The minimum absolute atomic E-state index is 0.278. The van der Waals surface area contributed by atoms with Gasteiger partial charge in [-0.3, -0.25) is 4.79 Å². The molecule has 1 amide bonds. The number of ether oxygens (including phenoxy) is 1. The standard InChI is InChI=1S/C16H13ClN2O2/c1-11(21-15-4-2-3-12(9-15)10-18)16(20)19-14-7-5-13(17)6-8-14/h2-9,11H,1H3,(H,19,20). The molecular formula is C16H13ClN2O2. The van der Waals surface area contributed by atoms with Crippen molar-refractivity contribution in [3.63, 3.8) is 0 Å².